The van der Waals surface area contributed by atoms with Gasteiger partial charge in [-0.2, -0.15) is 0 Å². The van der Waals surface area contributed by atoms with E-state index in [1.165, 1.54) is 20.0 Å². The Hall–Kier alpha value is -2.70. The molecular weight excluding hydrogens is 306 g/mol. The number of hydrogen-bond donors (Lipinski definition) is 1. The second-order valence-electron chi connectivity index (χ2n) is 5.75. The van der Waals surface area contributed by atoms with Gasteiger partial charge in [-0.05, 0) is 25.8 Å². The summed E-state index contributed by atoms with van der Waals surface area (Å²) in [5, 5.41) is 2.85. The third-order valence-electron chi connectivity index (χ3n) is 3.93. The zero-order valence-electron chi connectivity index (χ0n) is 14.0. The molecule has 3 heterocycles. The van der Waals surface area contributed by atoms with Crippen LogP contribution in [0.2, 0.25) is 0 Å². The molecule has 1 amide bonds. The molecule has 2 aromatic heterocycles. The Balaban J connectivity index is 1.68. The summed E-state index contributed by atoms with van der Waals surface area (Å²) in [6, 6.07) is 5.23. The lowest BCUT2D eigenvalue weighted by molar-refractivity contribution is 0.0949. The first-order chi connectivity index (χ1) is 11.7. The zero-order chi connectivity index (χ0) is 16.9. The summed E-state index contributed by atoms with van der Waals surface area (Å²) < 4.78 is 5.03. The fraction of sp³-hybridized carbons (Fsp3) is 0.412. The van der Waals surface area contributed by atoms with Crippen LogP contribution in [0.4, 0.5) is 5.82 Å². The van der Waals surface area contributed by atoms with Gasteiger partial charge in [0.2, 0.25) is 5.88 Å². The molecule has 1 N–H and O–H groups in total. The third-order valence-corrected chi connectivity index (χ3v) is 3.93. The van der Waals surface area contributed by atoms with Gasteiger partial charge in [0.25, 0.3) is 5.91 Å². The second-order valence-corrected chi connectivity index (χ2v) is 5.75. The monoisotopic (exact) mass is 327 g/mol. The number of aryl methyl sites for hydroxylation is 1. The normalized spacial score (nSPS) is 13.8. The molecule has 1 aliphatic heterocycles. The van der Waals surface area contributed by atoms with Crippen molar-refractivity contribution in [2.75, 3.05) is 25.1 Å². The van der Waals surface area contributed by atoms with Gasteiger partial charge >= 0.3 is 0 Å². The maximum absolute atomic E-state index is 12.3. The Morgan fingerprint density at radius 1 is 1.29 bits per heavy atom. The predicted octanol–water partition coefficient (Wildman–Crippen LogP) is 1.72. The number of aromatic nitrogens is 3. The minimum Gasteiger partial charge on any atom is -0.481 e. The molecule has 0 aliphatic carbocycles. The standard InChI is InChI=1S/C17H21N5O2/c1-12-9-15(22-7-3-4-8-22)21-14(20-12)11-19-17(23)13-5-6-18-16(10-13)24-2/h5-6,9-10H,3-4,7-8,11H2,1-2H3,(H,19,23). The van der Waals surface area contributed by atoms with E-state index in [1.807, 2.05) is 13.0 Å². The van der Waals surface area contributed by atoms with Gasteiger partial charge in [-0.3, -0.25) is 4.79 Å². The number of methoxy groups -OCH3 is 1. The summed E-state index contributed by atoms with van der Waals surface area (Å²) in [7, 11) is 1.52. The highest BCUT2D eigenvalue weighted by atomic mass is 16.5. The van der Waals surface area contributed by atoms with Gasteiger partial charge in [-0.25, -0.2) is 15.0 Å². The molecule has 7 nitrogen and oxygen atoms in total. The Bertz CT molecular complexity index is 729. The van der Waals surface area contributed by atoms with E-state index in [-0.39, 0.29) is 12.5 Å². The lowest BCUT2D eigenvalue weighted by atomic mass is 10.2. The van der Waals surface area contributed by atoms with Crippen molar-refractivity contribution in [1.82, 2.24) is 20.3 Å². The van der Waals surface area contributed by atoms with Gasteiger partial charge < -0.3 is 15.0 Å². The van der Waals surface area contributed by atoms with Gasteiger partial charge in [-0.1, -0.05) is 0 Å². The molecule has 0 atom stereocenters. The molecule has 0 radical (unpaired) electrons. The Morgan fingerprint density at radius 2 is 2.08 bits per heavy atom. The molecule has 0 spiro atoms. The number of rotatable bonds is 5. The van der Waals surface area contributed by atoms with Crippen LogP contribution in [0.15, 0.2) is 24.4 Å². The van der Waals surface area contributed by atoms with Crippen LogP contribution in [0.5, 0.6) is 5.88 Å². The van der Waals surface area contributed by atoms with Crippen LogP contribution >= 0.6 is 0 Å². The summed E-state index contributed by atoms with van der Waals surface area (Å²) in [6.07, 6.45) is 3.93. The number of nitrogens with one attached hydrogen (secondary N) is 1. The minimum absolute atomic E-state index is 0.205. The van der Waals surface area contributed by atoms with Gasteiger partial charge in [0.15, 0.2) is 0 Å². The van der Waals surface area contributed by atoms with Crippen molar-refractivity contribution < 1.29 is 9.53 Å². The van der Waals surface area contributed by atoms with E-state index in [4.69, 9.17) is 4.74 Å². The first kappa shape index (κ1) is 16.2. The topological polar surface area (TPSA) is 80.2 Å². The number of ether oxygens (including phenoxy) is 1. The number of anilines is 1. The molecule has 0 saturated carbocycles. The van der Waals surface area contributed by atoms with Crippen molar-refractivity contribution in [3.05, 3.63) is 41.5 Å². The van der Waals surface area contributed by atoms with E-state index in [9.17, 15) is 4.79 Å². The largest absolute Gasteiger partial charge is 0.481 e. The average Bonchev–Trinajstić information content (AvgIpc) is 3.14. The number of carbonyl (C=O) groups is 1. The van der Waals surface area contributed by atoms with Crippen LogP contribution in [-0.2, 0) is 6.54 Å². The Labute approximate surface area is 141 Å². The number of amides is 1. The fourth-order valence-electron chi connectivity index (χ4n) is 2.72. The minimum atomic E-state index is -0.205. The van der Waals surface area contributed by atoms with Crippen molar-refractivity contribution in [3.63, 3.8) is 0 Å². The van der Waals surface area contributed by atoms with Crippen LogP contribution in [0.3, 0.4) is 0 Å². The van der Waals surface area contributed by atoms with Crippen LogP contribution in [-0.4, -0.2) is 41.1 Å². The second kappa shape index (κ2) is 7.25. The summed E-state index contributed by atoms with van der Waals surface area (Å²) in [4.78, 5) is 27.5. The number of pyridine rings is 1. The van der Waals surface area contributed by atoms with Crippen LogP contribution in [0.1, 0.15) is 34.7 Å². The van der Waals surface area contributed by atoms with E-state index in [2.05, 4.69) is 25.2 Å². The van der Waals surface area contributed by atoms with E-state index in [1.54, 1.807) is 18.3 Å². The van der Waals surface area contributed by atoms with Gasteiger partial charge in [0.1, 0.15) is 11.6 Å². The fourth-order valence-corrected chi connectivity index (χ4v) is 2.72. The number of nitrogens with zero attached hydrogens (tertiary/aromatic N) is 4. The first-order valence-electron chi connectivity index (χ1n) is 8.03. The summed E-state index contributed by atoms with van der Waals surface area (Å²) in [6.45, 7) is 4.28. The lowest BCUT2D eigenvalue weighted by Crippen LogP contribution is -2.25. The SMILES string of the molecule is COc1cc(C(=O)NCc2nc(C)cc(N3CCCC3)n2)ccn1. The highest BCUT2D eigenvalue weighted by molar-refractivity contribution is 5.94. The third kappa shape index (κ3) is 3.79. The highest BCUT2D eigenvalue weighted by Crippen LogP contribution is 2.18. The zero-order valence-corrected chi connectivity index (χ0v) is 14.0. The van der Waals surface area contributed by atoms with Crippen molar-refractivity contribution in [2.45, 2.75) is 26.3 Å². The van der Waals surface area contributed by atoms with E-state index in [0.29, 0.717) is 17.3 Å². The van der Waals surface area contributed by atoms with E-state index in [0.717, 1.165) is 24.6 Å². The first-order valence-corrected chi connectivity index (χ1v) is 8.03. The van der Waals surface area contributed by atoms with Crippen LogP contribution in [0, 0.1) is 6.92 Å². The van der Waals surface area contributed by atoms with Crippen LogP contribution in [0.25, 0.3) is 0 Å². The average molecular weight is 327 g/mol. The highest BCUT2D eigenvalue weighted by Gasteiger charge is 2.15. The van der Waals surface area contributed by atoms with Crippen molar-refractivity contribution in [3.8, 4) is 5.88 Å². The molecular formula is C17H21N5O2. The van der Waals surface area contributed by atoms with Crippen molar-refractivity contribution in [2.24, 2.45) is 0 Å². The smallest absolute Gasteiger partial charge is 0.251 e. The maximum atomic E-state index is 12.3. The molecule has 1 saturated heterocycles. The van der Waals surface area contributed by atoms with E-state index >= 15 is 0 Å². The lowest BCUT2D eigenvalue weighted by Gasteiger charge is -2.17. The molecule has 126 valence electrons. The van der Waals surface area contributed by atoms with E-state index < -0.39 is 0 Å². The van der Waals surface area contributed by atoms with Gasteiger partial charge in [0.05, 0.1) is 13.7 Å². The molecule has 0 aromatic carbocycles. The molecule has 24 heavy (non-hydrogen) atoms. The molecule has 2 aromatic rings. The Kier molecular flexibility index (Phi) is 4.88. The number of hydrogen-bond acceptors (Lipinski definition) is 6. The molecule has 7 heteroatoms. The maximum Gasteiger partial charge on any atom is 0.251 e. The molecule has 0 bridgehead atoms. The van der Waals surface area contributed by atoms with Gasteiger partial charge in [0, 0.05) is 42.7 Å². The summed E-state index contributed by atoms with van der Waals surface area (Å²) >= 11 is 0. The van der Waals surface area contributed by atoms with Gasteiger partial charge in [-0.15, -0.1) is 0 Å². The summed E-state index contributed by atoms with van der Waals surface area (Å²) in [5.74, 6) is 1.76. The van der Waals surface area contributed by atoms with Crippen molar-refractivity contribution >= 4 is 11.7 Å². The molecule has 1 fully saturated rings. The number of carbonyl (C=O) groups excluding carboxylic acids is 1. The summed E-state index contributed by atoms with van der Waals surface area (Å²) in [5.41, 5.74) is 1.40. The molecule has 0 unspecified atom stereocenters. The van der Waals surface area contributed by atoms with Crippen molar-refractivity contribution in [1.29, 1.82) is 0 Å². The molecule has 3 rings (SSSR count). The van der Waals surface area contributed by atoms with Crippen LogP contribution < -0.4 is 15.0 Å². The predicted molar refractivity (Wildman–Crippen MR) is 90.2 cm³/mol. The molecule has 1 aliphatic rings. The quantitative estimate of drug-likeness (QED) is 0.901. The Morgan fingerprint density at radius 3 is 2.83 bits per heavy atom.